The zero-order valence-electron chi connectivity index (χ0n) is 19.1. The normalized spacial score (nSPS) is 14.4. The number of thiazole rings is 1. The fraction of sp³-hybridized carbons (Fsp3) is 0.522. The van der Waals surface area contributed by atoms with Crippen molar-refractivity contribution >= 4 is 40.6 Å². The molecule has 1 fully saturated rings. The van der Waals surface area contributed by atoms with E-state index < -0.39 is 0 Å². The summed E-state index contributed by atoms with van der Waals surface area (Å²) in [7, 11) is 1.62. The molecule has 0 aliphatic carbocycles. The summed E-state index contributed by atoms with van der Waals surface area (Å²) in [5.41, 5.74) is 1.23. The first kappa shape index (κ1) is 25.6. The van der Waals surface area contributed by atoms with Gasteiger partial charge in [0.15, 0.2) is 0 Å². The van der Waals surface area contributed by atoms with Crippen LogP contribution in [0.25, 0.3) is 0 Å². The summed E-state index contributed by atoms with van der Waals surface area (Å²) in [4.78, 5) is 32.5. The van der Waals surface area contributed by atoms with E-state index in [0.717, 1.165) is 28.4 Å². The zero-order chi connectivity index (χ0) is 23.5. The Morgan fingerprint density at radius 3 is 2.64 bits per heavy atom. The van der Waals surface area contributed by atoms with E-state index in [1.54, 1.807) is 18.9 Å². The predicted molar refractivity (Wildman–Crippen MR) is 130 cm³/mol. The molecular weight excluding hydrogens is 462 g/mol. The van der Waals surface area contributed by atoms with Crippen LogP contribution in [-0.2, 0) is 19.0 Å². The number of thioether (sulfide) groups is 1. The Morgan fingerprint density at radius 2 is 1.88 bits per heavy atom. The lowest BCUT2D eigenvalue weighted by Crippen LogP contribution is -2.40. The number of rotatable bonds is 12. The molecule has 33 heavy (non-hydrogen) atoms. The van der Waals surface area contributed by atoms with Crippen molar-refractivity contribution in [1.29, 1.82) is 0 Å². The maximum Gasteiger partial charge on any atom is 0.275 e. The van der Waals surface area contributed by atoms with Crippen molar-refractivity contribution in [3.8, 4) is 0 Å². The topological polar surface area (TPSA) is 90.0 Å². The number of nitrogens with zero attached hydrogens (tertiary/aromatic N) is 2. The Labute approximate surface area is 203 Å². The van der Waals surface area contributed by atoms with Gasteiger partial charge in [0.2, 0.25) is 5.91 Å². The molecule has 0 saturated carbocycles. The summed E-state index contributed by atoms with van der Waals surface area (Å²) in [5.74, 6) is 0.0566. The summed E-state index contributed by atoms with van der Waals surface area (Å²) in [6.45, 7) is 3.30. The molecule has 8 nitrogen and oxygen atoms in total. The monoisotopic (exact) mass is 493 g/mol. The summed E-state index contributed by atoms with van der Waals surface area (Å²) < 4.78 is 15.6. The summed E-state index contributed by atoms with van der Waals surface area (Å²) in [6, 6.07) is 7.72. The van der Waals surface area contributed by atoms with Crippen molar-refractivity contribution < 1.29 is 23.8 Å². The van der Waals surface area contributed by atoms with Crippen molar-refractivity contribution in [2.24, 2.45) is 0 Å². The first-order valence-corrected chi connectivity index (χ1v) is 13.0. The van der Waals surface area contributed by atoms with Gasteiger partial charge in [-0.15, -0.1) is 23.1 Å². The number of piperidine rings is 1. The van der Waals surface area contributed by atoms with Gasteiger partial charge in [0.25, 0.3) is 5.91 Å². The number of methoxy groups -OCH3 is 1. The minimum Gasteiger partial charge on any atom is -0.382 e. The molecule has 10 heteroatoms. The van der Waals surface area contributed by atoms with Crippen molar-refractivity contribution in [3.05, 3.63) is 40.3 Å². The standard InChI is InChI=1S/C23H31N3O5S2/c1-29-11-12-30-13-14-31-15-21(27)26-9-7-17(8-10-26)23-25-19(16-33-23)22(28)24-18-5-3-4-6-20(18)32-2/h3-6,16-17H,7-15H2,1-2H3,(H,24,28). The van der Waals surface area contributed by atoms with Crippen molar-refractivity contribution in [2.75, 3.05) is 64.8 Å². The second-order valence-electron chi connectivity index (χ2n) is 7.54. The molecule has 0 unspecified atom stereocenters. The highest BCUT2D eigenvalue weighted by Crippen LogP contribution is 2.31. The molecule has 1 aliphatic rings. The van der Waals surface area contributed by atoms with E-state index in [1.165, 1.54) is 11.3 Å². The lowest BCUT2D eigenvalue weighted by atomic mass is 9.97. The van der Waals surface area contributed by atoms with E-state index in [0.29, 0.717) is 45.2 Å². The Balaban J connectivity index is 1.41. The number of hydrogen-bond donors (Lipinski definition) is 1. The van der Waals surface area contributed by atoms with Crippen LogP contribution in [0.15, 0.2) is 34.5 Å². The summed E-state index contributed by atoms with van der Waals surface area (Å²) in [6.07, 6.45) is 3.64. The maximum atomic E-state index is 12.7. The number of para-hydroxylation sites is 1. The molecule has 1 saturated heterocycles. The van der Waals surface area contributed by atoms with Gasteiger partial charge in [0, 0.05) is 36.4 Å². The van der Waals surface area contributed by atoms with Crippen LogP contribution in [0.3, 0.4) is 0 Å². The molecule has 1 N–H and O–H groups in total. The summed E-state index contributed by atoms with van der Waals surface area (Å²) in [5, 5.41) is 5.72. The molecule has 0 radical (unpaired) electrons. The largest absolute Gasteiger partial charge is 0.382 e. The number of ether oxygens (including phenoxy) is 3. The third-order valence-electron chi connectivity index (χ3n) is 5.34. The predicted octanol–water partition coefficient (Wildman–Crippen LogP) is 3.50. The van der Waals surface area contributed by atoms with E-state index in [2.05, 4.69) is 10.3 Å². The van der Waals surface area contributed by atoms with Gasteiger partial charge >= 0.3 is 0 Å². The number of benzene rings is 1. The number of likely N-dealkylation sites (tertiary alicyclic amines) is 1. The fourth-order valence-electron chi connectivity index (χ4n) is 3.50. The molecule has 1 aromatic carbocycles. The van der Waals surface area contributed by atoms with Gasteiger partial charge in [-0.2, -0.15) is 0 Å². The van der Waals surface area contributed by atoms with Gasteiger partial charge in [-0.1, -0.05) is 12.1 Å². The average Bonchev–Trinajstić information content (AvgIpc) is 3.34. The highest BCUT2D eigenvalue weighted by molar-refractivity contribution is 7.98. The Kier molecular flexibility index (Phi) is 10.6. The van der Waals surface area contributed by atoms with Crippen LogP contribution in [0.4, 0.5) is 5.69 Å². The highest BCUT2D eigenvalue weighted by Gasteiger charge is 2.26. The van der Waals surface area contributed by atoms with Gasteiger partial charge in [0.05, 0.1) is 37.1 Å². The molecule has 0 atom stereocenters. The number of nitrogens with one attached hydrogen (secondary N) is 1. The molecule has 1 aliphatic heterocycles. The van der Waals surface area contributed by atoms with Gasteiger partial charge < -0.3 is 24.4 Å². The number of aromatic nitrogens is 1. The number of hydrogen-bond acceptors (Lipinski definition) is 8. The number of amides is 2. The van der Waals surface area contributed by atoms with Crippen molar-refractivity contribution in [2.45, 2.75) is 23.7 Å². The Bertz CT molecular complexity index is 900. The van der Waals surface area contributed by atoms with E-state index in [9.17, 15) is 9.59 Å². The van der Waals surface area contributed by atoms with E-state index in [4.69, 9.17) is 14.2 Å². The molecular formula is C23H31N3O5S2. The molecule has 3 rings (SSSR count). The highest BCUT2D eigenvalue weighted by atomic mass is 32.2. The van der Waals surface area contributed by atoms with Crippen LogP contribution in [-0.4, -0.2) is 81.2 Å². The fourth-order valence-corrected chi connectivity index (χ4v) is 5.03. The first-order chi connectivity index (χ1) is 16.1. The van der Waals surface area contributed by atoms with E-state index in [-0.39, 0.29) is 24.3 Å². The van der Waals surface area contributed by atoms with Crippen LogP contribution in [0.1, 0.15) is 34.3 Å². The number of carbonyl (C=O) groups is 2. The van der Waals surface area contributed by atoms with Gasteiger partial charge in [-0.25, -0.2) is 4.98 Å². The molecule has 180 valence electrons. The number of carbonyl (C=O) groups excluding carboxylic acids is 2. The van der Waals surface area contributed by atoms with Crippen LogP contribution in [0, 0.1) is 0 Å². The second-order valence-corrected chi connectivity index (χ2v) is 9.28. The van der Waals surface area contributed by atoms with Crippen LogP contribution in [0.2, 0.25) is 0 Å². The SMILES string of the molecule is COCCOCCOCC(=O)N1CCC(c2nc(C(=O)Nc3ccccc3SC)cs2)CC1. The second kappa shape index (κ2) is 13.7. The molecule has 1 aromatic heterocycles. The van der Waals surface area contributed by atoms with Crippen LogP contribution >= 0.6 is 23.1 Å². The molecule has 0 spiro atoms. The average molecular weight is 494 g/mol. The molecule has 2 aromatic rings. The third kappa shape index (κ3) is 7.79. The smallest absolute Gasteiger partial charge is 0.275 e. The minimum absolute atomic E-state index is 0.00277. The van der Waals surface area contributed by atoms with Gasteiger partial charge in [-0.05, 0) is 31.2 Å². The number of anilines is 1. The lowest BCUT2D eigenvalue weighted by Gasteiger charge is -2.31. The van der Waals surface area contributed by atoms with Crippen molar-refractivity contribution in [1.82, 2.24) is 9.88 Å². The van der Waals surface area contributed by atoms with E-state index in [1.807, 2.05) is 40.8 Å². The minimum atomic E-state index is -0.199. The van der Waals surface area contributed by atoms with Crippen molar-refractivity contribution in [3.63, 3.8) is 0 Å². The first-order valence-electron chi connectivity index (χ1n) is 10.9. The Hall–Kier alpha value is -1.98. The van der Waals surface area contributed by atoms with E-state index >= 15 is 0 Å². The van der Waals surface area contributed by atoms with Gasteiger partial charge in [-0.3, -0.25) is 9.59 Å². The zero-order valence-corrected chi connectivity index (χ0v) is 20.7. The Morgan fingerprint density at radius 1 is 1.15 bits per heavy atom. The molecule has 2 amide bonds. The quantitative estimate of drug-likeness (QED) is 0.357. The third-order valence-corrected chi connectivity index (χ3v) is 7.14. The molecule has 0 bridgehead atoms. The maximum absolute atomic E-state index is 12.7. The molecule has 2 heterocycles. The lowest BCUT2D eigenvalue weighted by molar-refractivity contribution is -0.137. The summed E-state index contributed by atoms with van der Waals surface area (Å²) >= 11 is 3.10. The van der Waals surface area contributed by atoms with Crippen LogP contribution < -0.4 is 5.32 Å². The van der Waals surface area contributed by atoms with Gasteiger partial charge in [0.1, 0.15) is 12.3 Å². The van der Waals surface area contributed by atoms with Crippen LogP contribution in [0.5, 0.6) is 0 Å².